The van der Waals surface area contributed by atoms with Gasteiger partial charge in [-0.05, 0) is 20.3 Å². The minimum absolute atomic E-state index is 0.879. The van der Waals surface area contributed by atoms with Crippen molar-refractivity contribution >= 4 is 0 Å². The first-order chi connectivity index (χ1) is 3.41. The summed E-state index contributed by atoms with van der Waals surface area (Å²) in [6.07, 6.45) is 8.87. The van der Waals surface area contributed by atoms with Crippen molar-refractivity contribution in [3.05, 3.63) is 31.2 Å². The van der Waals surface area contributed by atoms with Crippen LogP contribution in [0.5, 0.6) is 0 Å². The van der Waals surface area contributed by atoms with Gasteiger partial charge >= 0.3 is 0 Å². The highest BCUT2D eigenvalue weighted by Crippen LogP contribution is 1.78. The molecule has 0 bridgehead atoms. The largest absolute Gasteiger partial charge is 0.0877 e. The third-order valence-corrected chi connectivity index (χ3v) is 0.606. The molecule has 0 saturated carbocycles. The summed E-state index contributed by atoms with van der Waals surface area (Å²) in [6.45, 7) is 5.63. The molecule has 0 aromatic carbocycles. The van der Waals surface area contributed by atoms with Gasteiger partial charge in [0, 0.05) is 0 Å². The van der Waals surface area contributed by atoms with Gasteiger partial charge in [0.1, 0.15) is 0 Å². The van der Waals surface area contributed by atoms with Gasteiger partial charge in [-0.25, -0.2) is 0 Å². The van der Waals surface area contributed by atoms with Crippen molar-refractivity contribution in [3.8, 4) is 0 Å². The first-order valence-electron chi connectivity index (χ1n) is 2.49. The van der Waals surface area contributed by atoms with Gasteiger partial charge in [-0.2, -0.15) is 0 Å². The van der Waals surface area contributed by atoms with E-state index in [4.69, 9.17) is 0 Å². The Hall–Kier alpha value is -0.520. The van der Waals surface area contributed by atoms with Crippen molar-refractivity contribution in [2.45, 2.75) is 13.3 Å². The fourth-order valence-corrected chi connectivity index (χ4v) is 0.286. The van der Waals surface area contributed by atoms with E-state index >= 15 is 0 Å². The molecule has 0 amide bonds. The quantitative estimate of drug-likeness (QED) is 0.462. The third-order valence-electron chi connectivity index (χ3n) is 0.606. The number of allylic oxidation sites excluding steroid dienone is 4. The van der Waals surface area contributed by atoms with Crippen molar-refractivity contribution in [3.63, 3.8) is 0 Å². The zero-order valence-electron chi connectivity index (χ0n) is 4.72. The van der Waals surface area contributed by atoms with E-state index in [-0.39, 0.29) is 0 Å². The molecule has 0 aliphatic heterocycles. The zero-order chi connectivity index (χ0) is 5.54. The van der Waals surface area contributed by atoms with Crippen LogP contribution in [-0.2, 0) is 0 Å². The third kappa shape index (κ3) is 5.48. The van der Waals surface area contributed by atoms with Crippen LogP contribution in [0, 0.1) is 6.92 Å². The highest BCUT2D eigenvalue weighted by molar-refractivity contribution is 5.00. The highest BCUT2D eigenvalue weighted by Gasteiger charge is 1.58. The normalized spacial score (nSPS) is 11.7. The molecule has 0 aliphatic rings. The highest BCUT2D eigenvalue weighted by atomic mass is 13.6. The summed E-state index contributed by atoms with van der Waals surface area (Å²) >= 11 is 0. The van der Waals surface area contributed by atoms with E-state index in [0.717, 1.165) is 6.42 Å². The minimum Gasteiger partial charge on any atom is -0.0877 e. The molecule has 0 aromatic rings. The van der Waals surface area contributed by atoms with Crippen molar-refractivity contribution in [1.82, 2.24) is 0 Å². The van der Waals surface area contributed by atoms with E-state index in [0.29, 0.717) is 0 Å². The Balaban J connectivity index is 3.09. The van der Waals surface area contributed by atoms with Crippen molar-refractivity contribution in [2.24, 2.45) is 0 Å². The SMILES string of the molecule is [CH2]CC=CC=CC. The van der Waals surface area contributed by atoms with Crippen LogP contribution in [0.25, 0.3) is 0 Å². The molecule has 0 heterocycles. The minimum atomic E-state index is 0.879. The first-order valence-corrected chi connectivity index (χ1v) is 2.49. The van der Waals surface area contributed by atoms with E-state index in [2.05, 4.69) is 6.92 Å². The van der Waals surface area contributed by atoms with Gasteiger partial charge in [0.05, 0.1) is 0 Å². The van der Waals surface area contributed by atoms with Gasteiger partial charge in [0.2, 0.25) is 0 Å². The lowest BCUT2D eigenvalue weighted by atomic mass is 10.4. The molecular weight excluding hydrogens is 84.1 g/mol. The molecule has 0 fully saturated rings. The van der Waals surface area contributed by atoms with Crippen LogP contribution >= 0.6 is 0 Å². The predicted octanol–water partition coefficient (Wildman–Crippen LogP) is 2.34. The summed E-state index contributed by atoms with van der Waals surface area (Å²) < 4.78 is 0. The topological polar surface area (TPSA) is 0 Å². The Bertz CT molecular complexity index is 68.1. The van der Waals surface area contributed by atoms with Crippen LogP contribution in [0.2, 0.25) is 0 Å². The molecule has 0 unspecified atom stereocenters. The standard InChI is InChI=1S/C7H11/c1-3-5-7-6-4-2/h4-7H,1,3H2,2H3. The first kappa shape index (κ1) is 6.48. The maximum Gasteiger partial charge on any atom is -0.0347 e. The molecular formula is C7H11. The average Bonchev–Trinajstić information content (AvgIpc) is 1.69. The molecule has 0 rings (SSSR count). The monoisotopic (exact) mass is 95.1 g/mol. The summed E-state index contributed by atoms with van der Waals surface area (Å²) in [5.41, 5.74) is 0. The lowest BCUT2D eigenvalue weighted by Gasteiger charge is -1.70. The van der Waals surface area contributed by atoms with Crippen molar-refractivity contribution in [1.29, 1.82) is 0 Å². The molecule has 0 saturated heterocycles. The molecule has 0 nitrogen and oxygen atoms in total. The summed E-state index contributed by atoms with van der Waals surface area (Å²) in [5, 5.41) is 0. The van der Waals surface area contributed by atoms with Gasteiger partial charge in [0.15, 0.2) is 0 Å². The second-order valence-corrected chi connectivity index (χ2v) is 1.24. The summed E-state index contributed by atoms with van der Waals surface area (Å²) in [5.74, 6) is 0. The Morgan fingerprint density at radius 1 is 1.43 bits per heavy atom. The molecule has 1 radical (unpaired) electrons. The lowest BCUT2D eigenvalue weighted by molar-refractivity contribution is 1.40. The van der Waals surface area contributed by atoms with Gasteiger partial charge in [0.25, 0.3) is 0 Å². The maximum absolute atomic E-state index is 3.64. The van der Waals surface area contributed by atoms with Crippen LogP contribution in [0.4, 0.5) is 0 Å². The molecule has 0 spiro atoms. The molecule has 0 heteroatoms. The zero-order valence-corrected chi connectivity index (χ0v) is 4.72. The van der Waals surface area contributed by atoms with Crippen LogP contribution in [0.3, 0.4) is 0 Å². The van der Waals surface area contributed by atoms with Crippen LogP contribution in [-0.4, -0.2) is 0 Å². The van der Waals surface area contributed by atoms with Crippen molar-refractivity contribution < 1.29 is 0 Å². The molecule has 7 heavy (non-hydrogen) atoms. The van der Waals surface area contributed by atoms with E-state index in [9.17, 15) is 0 Å². The Morgan fingerprint density at radius 3 is 2.57 bits per heavy atom. The Morgan fingerprint density at radius 2 is 2.14 bits per heavy atom. The number of hydrogen-bond donors (Lipinski definition) is 0. The van der Waals surface area contributed by atoms with Crippen LogP contribution in [0.1, 0.15) is 13.3 Å². The molecule has 0 N–H and O–H groups in total. The van der Waals surface area contributed by atoms with Crippen molar-refractivity contribution in [2.75, 3.05) is 0 Å². The molecule has 0 aromatic heterocycles. The lowest BCUT2D eigenvalue weighted by Crippen LogP contribution is -1.49. The van der Waals surface area contributed by atoms with E-state index in [1.807, 2.05) is 31.2 Å². The summed E-state index contributed by atoms with van der Waals surface area (Å²) in [6, 6.07) is 0. The van der Waals surface area contributed by atoms with Crippen LogP contribution < -0.4 is 0 Å². The predicted molar refractivity (Wildman–Crippen MR) is 33.9 cm³/mol. The molecule has 0 atom stereocenters. The Labute approximate surface area is 45.5 Å². The van der Waals surface area contributed by atoms with Gasteiger partial charge in [-0.15, -0.1) is 0 Å². The van der Waals surface area contributed by atoms with Gasteiger partial charge in [-0.1, -0.05) is 24.3 Å². The molecule has 39 valence electrons. The summed E-state index contributed by atoms with van der Waals surface area (Å²) in [4.78, 5) is 0. The molecule has 0 aliphatic carbocycles. The number of hydrogen-bond acceptors (Lipinski definition) is 0. The van der Waals surface area contributed by atoms with Crippen LogP contribution in [0.15, 0.2) is 24.3 Å². The van der Waals surface area contributed by atoms with Gasteiger partial charge < -0.3 is 0 Å². The van der Waals surface area contributed by atoms with Gasteiger partial charge in [-0.3, -0.25) is 0 Å². The van der Waals surface area contributed by atoms with E-state index < -0.39 is 0 Å². The van der Waals surface area contributed by atoms with E-state index in [1.54, 1.807) is 0 Å². The second kappa shape index (κ2) is 5.48. The fourth-order valence-electron chi connectivity index (χ4n) is 0.286. The second-order valence-electron chi connectivity index (χ2n) is 1.24. The Kier molecular flexibility index (Phi) is 5.07. The number of rotatable bonds is 2. The summed E-state index contributed by atoms with van der Waals surface area (Å²) in [7, 11) is 0. The average molecular weight is 95.2 g/mol. The van der Waals surface area contributed by atoms with E-state index in [1.165, 1.54) is 0 Å². The maximum atomic E-state index is 3.64. The fraction of sp³-hybridized carbons (Fsp3) is 0.286. The smallest absolute Gasteiger partial charge is 0.0347 e.